The number of ketones is 1. The van der Waals surface area contributed by atoms with Gasteiger partial charge in [0.05, 0.1) is 0 Å². The zero-order valence-corrected chi connectivity index (χ0v) is 12.7. The standard InChI is InChI=1S/C12H17N3O2S2/c1-8(16)4-3-7-18-12-14-13-11(19-12)15(9(2)17)10-5-6-10/h10H,3-7H2,1-2H3. The zero-order valence-electron chi connectivity index (χ0n) is 11.1. The second kappa shape index (κ2) is 6.47. The van der Waals surface area contributed by atoms with E-state index in [-0.39, 0.29) is 11.7 Å². The Labute approximate surface area is 120 Å². The molecule has 0 unspecified atom stereocenters. The molecule has 1 aliphatic rings. The Bertz CT molecular complexity index is 471. The van der Waals surface area contributed by atoms with Crippen LogP contribution in [0.5, 0.6) is 0 Å². The highest BCUT2D eigenvalue weighted by atomic mass is 32.2. The SMILES string of the molecule is CC(=O)CCCSc1nnc(N(C(C)=O)C2CC2)s1. The third-order valence-corrected chi connectivity index (χ3v) is 4.89. The van der Waals surface area contributed by atoms with E-state index < -0.39 is 0 Å². The minimum Gasteiger partial charge on any atom is -0.300 e. The predicted molar refractivity (Wildman–Crippen MR) is 76.7 cm³/mol. The van der Waals surface area contributed by atoms with E-state index in [4.69, 9.17) is 0 Å². The van der Waals surface area contributed by atoms with Gasteiger partial charge < -0.3 is 4.79 Å². The van der Waals surface area contributed by atoms with Gasteiger partial charge in [0.2, 0.25) is 11.0 Å². The topological polar surface area (TPSA) is 63.2 Å². The summed E-state index contributed by atoms with van der Waals surface area (Å²) in [5.41, 5.74) is 0. The summed E-state index contributed by atoms with van der Waals surface area (Å²) in [6.07, 6.45) is 3.58. The largest absolute Gasteiger partial charge is 0.300 e. The van der Waals surface area contributed by atoms with Crippen molar-refractivity contribution in [3.63, 3.8) is 0 Å². The fraction of sp³-hybridized carbons (Fsp3) is 0.667. The lowest BCUT2D eigenvalue weighted by atomic mass is 10.3. The van der Waals surface area contributed by atoms with Crippen molar-refractivity contribution in [2.24, 2.45) is 0 Å². The van der Waals surface area contributed by atoms with Crippen LogP contribution in [0, 0.1) is 0 Å². The van der Waals surface area contributed by atoms with Gasteiger partial charge in [-0.2, -0.15) is 0 Å². The summed E-state index contributed by atoms with van der Waals surface area (Å²) < 4.78 is 0.866. The number of nitrogens with zero attached hydrogens (tertiary/aromatic N) is 3. The molecule has 0 spiro atoms. The molecule has 0 aliphatic heterocycles. The van der Waals surface area contributed by atoms with Crippen LogP contribution in [0.15, 0.2) is 4.34 Å². The number of aromatic nitrogens is 2. The van der Waals surface area contributed by atoms with Gasteiger partial charge in [-0.3, -0.25) is 9.69 Å². The maximum atomic E-state index is 11.6. The van der Waals surface area contributed by atoms with Crippen LogP contribution in [0.4, 0.5) is 5.13 Å². The van der Waals surface area contributed by atoms with Crippen molar-refractivity contribution in [3.05, 3.63) is 0 Å². The fourth-order valence-electron chi connectivity index (χ4n) is 1.72. The van der Waals surface area contributed by atoms with E-state index in [2.05, 4.69) is 10.2 Å². The molecule has 1 aliphatic carbocycles. The molecule has 7 heteroatoms. The van der Waals surface area contributed by atoms with Crippen LogP contribution in [0.2, 0.25) is 0 Å². The van der Waals surface area contributed by atoms with Crippen molar-refractivity contribution < 1.29 is 9.59 Å². The van der Waals surface area contributed by atoms with Crippen LogP contribution >= 0.6 is 23.1 Å². The summed E-state index contributed by atoms with van der Waals surface area (Å²) in [7, 11) is 0. The lowest BCUT2D eigenvalue weighted by molar-refractivity contribution is -0.117. The molecule has 0 radical (unpaired) electrons. The van der Waals surface area contributed by atoms with Gasteiger partial charge in [0.1, 0.15) is 5.78 Å². The Kier molecular flexibility index (Phi) is 4.93. The summed E-state index contributed by atoms with van der Waals surface area (Å²) in [4.78, 5) is 24.2. The first-order valence-electron chi connectivity index (χ1n) is 6.33. The predicted octanol–water partition coefficient (Wildman–Crippen LogP) is 2.51. The number of amides is 1. The number of anilines is 1. The molecule has 2 rings (SSSR count). The van der Waals surface area contributed by atoms with Crippen molar-refractivity contribution in [1.82, 2.24) is 10.2 Å². The maximum Gasteiger partial charge on any atom is 0.225 e. The summed E-state index contributed by atoms with van der Waals surface area (Å²) in [5, 5.41) is 8.90. The Morgan fingerprint density at radius 1 is 1.37 bits per heavy atom. The van der Waals surface area contributed by atoms with E-state index >= 15 is 0 Å². The molecule has 0 aromatic carbocycles. The molecule has 0 N–H and O–H groups in total. The molecule has 0 atom stereocenters. The van der Waals surface area contributed by atoms with Crippen molar-refractivity contribution in [1.29, 1.82) is 0 Å². The summed E-state index contributed by atoms with van der Waals surface area (Å²) in [6, 6.07) is 0.320. The first-order chi connectivity index (χ1) is 9.08. The molecule has 0 bridgehead atoms. The van der Waals surface area contributed by atoms with Crippen LogP contribution in [-0.2, 0) is 9.59 Å². The van der Waals surface area contributed by atoms with E-state index in [1.165, 1.54) is 11.3 Å². The minimum atomic E-state index is 0.0341. The monoisotopic (exact) mass is 299 g/mol. The van der Waals surface area contributed by atoms with Gasteiger partial charge in [-0.1, -0.05) is 23.1 Å². The lowest BCUT2D eigenvalue weighted by Gasteiger charge is -2.15. The van der Waals surface area contributed by atoms with E-state index in [0.717, 1.165) is 29.4 Å². The number of hydrogen-bond donors (Lipinski definition) is 0. The van der Waals surface area contributed by atoms with E-state index in [1.807, 2.05) is 0 Å². The molecule has 1 aromatic rings. The fourth-order valence-corrected chi connectivity index (χ4v) is 3.69. The molecular weight excluding hydrogens is 282 g/mol. The third kappa shape index (κ3) is 4.28. The third-order valence-electron chi connectivity index (χ3n) is 2.75. The number of thioether (sulfide) groups is 1. The highest BCUT2D eigenvalue weighted by molar-refractivity contribution is 8.01. The second-order valence-corrected chi connectivity index (χ2v) is 6.92. The summed E-state index contributed by atoms with van der Waals surface area (Å²) in [5.74, 6) is 1.11. The number of Topliss-reactive ketones (excluding diaryl/α,β-unsaturated/α-hetero) is 1. The number of rotatable bonds is 7. The Hall–Kier alpha value is -0.950. The molecule has 1 fully saturated rings. The van der Waals surface area contributed by atoms with Gasteiger partial charge in [-0.15, -0.1) is 10.2 Å². The molecule has 1 saturated carbocycles. The Morgan fingerprint density at radius 3 is 2.68 bits per heavy atom. The molecular formula is C12H17N3O2S2. The normalized spacial score (nSPS) is 14.4. The number of hydrogen-bond acceptors (Lipinski definition) is 6. The first-order valence-corrected chi connectivity index (χ1v) is 8.13. The van der Waals surface area contributed by atoms with Crippen LogP contribution < -0.4 is 4.90 Å². The van der Waals surface area contributed by atoms with Crippen LogP contribution in [0.3, 0.4) is 0 Å². The molecule has 1 aromatic heterocycles. The molecule has 19 heavy (non-hydrogen) atoms. The second-order valence-electron chi connectivity index (χ2n) is 4.62. The van der Waals surface area contributed by atoms with E-state index in [9.17, 15) is 9.59 Å². The molecule has 104 valence electrons. The van der Waals surface area contributed by atoms with Crippen molar-refractivity contribution in [3.8, 4) is 0 Å². The number of carbonyl (C=O) groups excluding carboxylic acids is 2. The smallest absolute Gasteiger partial charge is 0.225 e. The van der Waals surface area contributed by atoms with Gasteiger partial charge in [-0.05, 0) is 26.2 Å². The Balaban J connectivity index is 1.87. The quantitative estimate of drug-likeness (QED) is 0.440. The average Bonchev–Trinajstić information content (AvgIpc) is 3.04. The van der Waals surface area contributed by atoms with Gasteiger partial charge in [0.25, 0.3) is 0 Å². The van der Waals surface area contributed by atoms with E-state index in [1.54, 1.807) is 30.5 Å². The van der Waals surface area contributed by atoms with Crippen molar-refractivity contribution in [2.75, 3.05) is 10.7 Å². The first kappa shape index (κ1) is 14.5. The van der Waals surface area contributed by atoms with Crippen LogP contribution in [0.1, 0.15) is 39.5 Å². The lowest BCUT2D eigenvalue weighted by Crippen LogP contribution is -2.30. The van der Waals surface area contributed by atoms with Crippen LogP contribution in [-0.4, -0.2) is 33.7 Å². The summed E-state index contributed by atoms with van der Waals surface area (Å²) in [6.45, 7) is 3.17. The molecule has 0 saturated heterocycles. The molecule has 1 amide bonds. The highest BCUT2D eigenvalue weighted by Crippen LogP contribution is 2.35. The van der Waals surface area contributed by atoms with Crippen molar-refractivity contribution in [2.45, 2.75) is 49.9 Å². The van der Waals surface area contributed by atoms with Gasteiger partial charge >= 0.3 is 0 Å². The van der Waals surface area contributed by atoms with Crippen LogP contribution in [0.25, 0.3) is 0 Å². The van der Waals surface area contributed by atoms with Gasteiger partial charge in [-0.25, -0.2) is 0 Å². The van der Waals surface area contributed by atoms with Gasteiger partial charge in [0, 0.05) is 25.1 Å². The molecule has 5 nitrogen and oxygen atoms in total. The van der Waals surface area contributed by atoms with E-state index in [0.29, 0.717) is 17.6 Å². The highest BCUT2D eigenvalue weighted by Gasteiger charge is 2.34. The number of carbonyl (C=O) groups is 2. The average molecular weight is 299 g/mol. The van der Waals surface area contributed by atoms with Gasteiger partial charge in [0.15, 0.2) is 4.34 Å². The summed E-state index contributed by atoms with van der Waals surface area (Å²) >= 11 is 3.06. The Morgan fingerprint density at radius 2 is 2.11 bits per heavy atom. The minimum absolute atomic E-state index is 0.0341. The maximum absolute atomic E-state index is 11.6. The van der Waals surface area contributed by atoms with Crippen molar-refractivity contribution >= 4 is 39.9 Å². The molecule has 1 heterocycles. The zero-order chi connectivity index (χ0) is 13.8.